The van der Waals surface area contributed by atoms with Gasteiger partial charge in [-0.3, -0.25) is 4.79 Å². The number of carbonyl (C=O) groups is 2. The summed E-state index contributed by atoms with van der Waals surface area (Å²) < 4.78 is 4.78. The monoisotopic (exact) mass is 289 g/mol. The van der Waals surface area contributed by atoms with Crippen LogP contribution in [0.3, 0.4) is 0 Å². The fraction of sp³-hybridized carbons (Fsp3) is 0.529. The molecule has 1 unspecified atom stereocenters. The molecule has 0 saturated carbocycles. The molecule has 2 atom stereocenters. The third-order valence-electron chi connectivity index (χ3n) is 4.11. The molecule has 1 N–H and O–H groups in total. The van der Waals surface area contributed by atoms with E-state index in [1.807, 2.05) is 32.0 Å². The van der Waals surface area contributed by atoms with E-state index in [0.29, 0.717) is 0 Å². The number of hydrogen-bond acceptors (Lipinski definition) is 3. The van der Waals surface area contributed by atoms with Crippen molar-refractivity contribution in [1.82, 2.24) is 5.32 Å². The Balaban J connectivity index is 2.16. The van der Waals surface area contributed by atoms with Crippen LogP contribution in [0.5, 0.6) is 0 Å². The van der Waals surface area contributed by atoms with Crippen molar-refractivity contribution >= 4 is 11.9 Å². The molecule has 0 aliphatic heterocycles. The smallest absolute Gasteiger partial charge is 0.328 e. The maximum absolute atomic E-state index is 12.6. The van der Waals surface area contributed by atoms with Crippen LogP contribution in [0.4, 0.5) is 0 Å². The highest BCUT2D eigenvalue weighted by atomic mass is 16.5. The normalized spacial score (nSPS) is 18.8. The van der Waals surface area contributed by atoms with Crippen molar-refractivity contribution in [3.63, 3.8) is 0 Å². The van der Waals surface area contributed by atoms with Gasteiger partial charge in [-0.15, -0.1) is 0 Å². The molecule has 0 saturated heterocycles. The maximum Gasteiger partial charge on any atom is 0.328 e. The van der Waals surface area contributed by atoms with Gasteiger partial charge in [0.05, 0.1) is 13.0 Å². The summed E-state index contributed by atoms with van der Waals surface area (Å²) in [6, 6.07) is 7.47. The second-order valence-electron chi connectivity index (χ2n) is 5.90. The van der Waals surface area contributed by atoms with Gasteiger partial charge < -0.3 is 10.1 Å². The molecular weight excluding hydrogens is 266 g/mol. The fourth-order valence-corrected chi connectivity index (χ4v) is 2.90. The molecule has 1 aliphatic carbocycles. The minimum atomic E-state index is -0.586. The zero-order valence-electron chi connectivity index (χ0n) is 12.9. The predicted molar refractivity (Wildman–Crippen MR) is 80.9 cm³/mol. The SMILES string of the molecule is COC(=O)[C@@H](NC(=O)C1CCCc2ccccc21)C(C)C. The van der Waals surface area contributed by atoms with Crippen LogP contribution < -0.4 is 5.32 Å². The third kappa shape index (κ3) is 3.43. The summed E-state index contributed by atoms with van der Waals surface area (Å²) in [7, 11) is 1.35. The number of rotatable bonds is 4. The first-order valence-electron chi connectivity index (χ1n) is 7.50. The Morgan fingerprint density at radius 3 is 2.67 bits per heavy atom. The highest BCUT2D eigenvalue weighted by molar-refractivity contribution is 5.89. The van der Waals surface area contributed by atoms with E-state index in [0.717, 1.165) is 24.8 Å². The van der Waals surface area contributed by atoms with Crippen molar-refractivity contribution < 1.29 is 14.3 Å². The quantitative estimate of drug-likeness (QED) is 0.866. The second-order valence-corrected chi connectivity index (χ2v) is 5.90. The Morgan fingerprint density at radius 2 is 2.00 bits per heavy atom. The van der Waals surface area contributed by atoms with Crippen molar-refractivity contribution in [3.05, 3.63) is 35.4 Å². The predicted octanol–water partition coefficient (Wildman–Crippen LogP) is 2.42. The summed E-state index contributed by atoms with van der Waals surface area (Å²) in [5.74, 6) is -0.630. The van der Waals surface area contributed by atoms with Gasteiger partial charge in [-0.25, -0.2) is 4.79 Å². The summed E-state index contributed by atoms with van der Waals surface area (Å²) in [5.41, 5.74) is 2.33. The molecule has 1 aliphatic rings. The topological polar surface area (TPSA) is 55.4 Å². The molecule has 0 bridgehead atoms. The lowest BCUT2D eigenvalue weighted by Gasteiger charge is -2.27. The van der Waals surface area contributed by atoms with Gasteiger partial charge in [-0.1, -0.05) is 38.1 Å². The minimum Gasteiger partial charge on any atom is -0.467 e. The number of benzene rings is 1. The van der Waals surface area contributed by atoms with Crippen LogP contribution >= 0.6 is 0 Å². The van der Waals surface area contributed by atoms with Crippen LogP contribution in [0.25, 0.3) is 0 Å². The lowest BCUT2D eigenvalue weighted by Crippen LogP contribution is -2.47. The van der Waals surface area contributed by atoms with Crippen LogP contribution in [0.1, 0.15) is 43.7 Å². The van der Waals surface area contributed by atoms with Gasteiger partial charge in [0.1, 0.15) is 6.04 Å². The van der Waals surface area contributed by atoms with Crippen molar-refractivity contribution in [2.75, 3.05) is 7.11 Å². The van der Waals surface area contributed by atoms with Crippen LogP contribution in [-0.2, 0) is 20.7 Å². The van der Waals surface area contributed by atoms with Crippen LogP contribution in [-0.4, -0.2) is 25.0 Å². The Hall–Kier alpha value is -1.84. The van der Waals surface area contributed by atoms with Crippen molar-refractivity contribution in [3.8, 4) is 0 Å². The highest BCUT2D eigenvalue weighted by Crippen LogP contribution is 2.31. The lowest BCUT2D eigenvalue weighted by molar-refractivity contribution is -0.146. The number of esters is 1. The van der Waals surface area contributed by atoms with Gasteiger partial charge in [-0.05, 0) is 36.3 Å². The number of hydrogen-bond donors (Lipinski definition) is 1. The van der Waals surface area contributed by atoms with E-state index in [9.17, 15) is 9.59 Å². The van der Waals surface area contributed by atoms with Gasteiger partial charge in [0.2, 0.25) is 5.91 Å². The molecule has 4 heteroatoms. The van der Waals surface area contributed by atoms with E-state index in [-0.39, 0.29) is 23.7 Å². The van der Waals surface area contributed by atoms with E-state index in [2.05, 4.69) is 11.4 Å². The molecule has 4 nitrogen and oxygen atoms in total. The molecule has 0 radical (unpaired) electrons. The van der Waals surface area contributed by atoms with E-state index in [1.165, 1.54) is 12.7 Å². The number of aryl methyl sites for hydroxylation is 1. The summed E-state index contributed by atoms with van der Waals surface area (Å²) in [6.45, 7) is 3.80. The van der Waals surface area contributed by atoms with Crippen molar-refractivity contribution in [2.24, 2.45) is 5.92 Å². The lowest BCUT2D eigenvalue weighted by atomic mass is 9.82. The van der Waals surface area contributed by atoms with Gasteiger partial charge >= 0.3 is 5.97 Å². The van der Waals surface area contributed by atoms with Crippen molar-refractivity contribution in [2.45, 2.75) is 45.1 Å². The molecule has 0 fully saturated rings. The molecule has 1 amide bonds. The summed E-state index contributed by atoms with van der Waals surface area (Å²) in [4.78, 5) is 24.4. The highest BCUT2D eigenvalue weighted by Gasteiger charge is 2.31. The largest absolute Gasteiger partial charge is 0.467 e. The van der Waals surface area contributed by atoms with Crippen molar-refractivity contribution in [1.29, 1.82) is 0 Å². The van der Waals surface area contributed by atoms with Gasteiger partial charge in [0.15, 0.2) is 0 Å². The number of carbonyl (C=O) groups excluding carboxylic acids is 2. The Bertz CT molecular complexity index is 525. The third-order valence-corrected chi connectivity index (χ3v) is 4.11. The Morgan fingerprint density at radius 1 is 1.29 bits per heavy atom. The molecule has 2 rings (SSSR count). The number of nitrogens with one attached hydrogen (secondary N) is 1. The first-order valence-corrected chi connectivity index (χ1v) is 7.50. The van der Waals surface area contributed by atoms with E-state index >= 15 is 0 Å². The average Bonchev–Trinajstić information content (AvgIpc) is 2.50. The summed E-state index contributed by atoms with van der Waals surface area (Å²) in [6.07, 6.45) is 2.85. The fourth-order valence-electron chi connectivity index (χ4n) is 2.90. The Labute approximate surface area is 125 Å². The molecule has 0 spiro atoms. The van der Waals surface area contributed by atoms with E-state index in [1.54, 1.807) is 0 Å². The molecular formula is C17H23NO3. The number of amides is 1. The van der Waals surface area contributed by atoms with Crippen LogP contribution in [0, 0.1) is 5.92 Å². The summed E-state index contributed by atoms with van der Waals surface area (Å²) in [5, 5.41) is 2.86. The molecule has 114 valence electrons. The zero-order chi connectivity index (χ0) is 15.4. The number of methoxy groups -OCH3 is 1. The zero-order valence-corrected chi connectivity index (χ0v) is 12.9. The first-order chi connectivity index (χ1) is 10.0. The maximum atomic E-state index is 12.6. The van der Waals surface area contributed by atoms with E-state index < -0.39 is 6.04 Å². The summed E-state index contributed by atoms with van der Waals surface area (Å²) >= 11 is 0. The van der Waals surface area contributed by atoms with Crippen LogP contribution in [0.2, 0.25) is 0 Å². The molecule has 0 heterocycles. The first kappa shape index (κ1) is 15.5. The number of ether oxygens (including phenoxy) is 1. The Kier molecular flexibility index (Phi) is 4.99. The van der Waals surface area contributed by atoms with Gasteiger partial charge in [-0.2, -0.15) is 0 Å². The minimum absolute atomic E-state index is 0.000217. The standard InChI is InChI=1S/C17H23NO3/c1-11(2)15(17(20)21-3)18-16(19)14-10-6-8-12-7-4-5-9-13(12)14/h4-5,7,9,11,14-15H,6,8,10H2,1-3H3,(H,18,19)/t14?,15-/m0/s1. The molecule has 1 aromatic rings. The van der Waals surface area contributed by atoms with Gasteiger partial charge in [0.25, 0.3) is 0 Å². The van der Waals surface area contributed by atoms with Crippen LogP contribution in [0.15, 0.2) is 24.3 Å². The van der Waals surface area contributed by atoms with Gasteiger partial charge in [0, 0.05) is 0 Å². The molecule has 1 aromatic carbocycles. The second kappa shape index (κ2) is 6.74. The molecule has 21 heavy (non-hydrogen) atoms. The molecule has 0 aromatic heterocycles. The number of fused-ring (bicyclic) bond motifs is 1. The van der Waals surface area contributed by atoms with E-state index in [4.69, 9.17) is 4.74 Å². The average molecular weight is 289 g/mol.